The maximum atomic E-state index is 9.86. The Bertz CT molecular complexity index is 302. The van der Waals surface area contributed by atoms with Gasteiger partial charge in [0.25, 0.3) is 0 Å². The molecule has 1 saturated carbocycles. The minimum absolute atomic E-state index is 0.205. The number of hydrogen-bond donors (Lipinski definition) is 3. The molecular weight excluding hydrogens is 218 g/mol. The van der Waals surface area contributed by atoms with Crippen LogP contribution in [-0.2, 0) is 0 Å². The van der Waals surface area contributed by atoms with Gasteiger partial charge in [-0.05, 0) is 37.1 Å². The highest BCUT2D eigenvalue weighted by Gasteiger charge is 2.45. The maximum Gasteiger partial charge on any atom is 0.139 e. The van der Waals surface area contributed by atoms with E-state index in [9.17, 15) is 5.11 Å². The summed E-state index contributed by atoms with van der Waals surface area (Å²) in [5.41, 5.74) is 5.79. The van der Waals surface area contributed by atoms with Gasteiger partial charge in [-0.1, -0.05) is 12.1 Å². The summed E-state index contributed by atoms with van der Waals surface area (Å²) in [4.78, 5) is 2.32. The number of hydrogen-bond acceptors (Lipinski definition) is 4. The fourth-order valence-corrected chi connectivity index (χ4v) is 2.72. The van der Waals surface area contributed by atoms with E-state index in [1.54, 1.807) is 0 Å². The quantitative estimate of drug-likeness (QED) is 0.291. The zero-order valence-corrected chi connectivity index (χ0v) is 10.5. The summed E-state index contributed by atoms with van der Waals surface area (Å²) in [6, 6.07) is 0. The Balaban J connectivity index is 1.85. The first kappa shape index (κ1) is 12.6. The molecular formula is C12H23N3O2. The van der Waals surface area contributed by atoms with Gasteiger partial charge >= 0.3 is 0 Å². The second-order valence-electron chi connectivity index (χ2n) is 5.84. The number of rotatable bonds is 4. The van der Waals surface area contributed by atoms with E-state index < -0.39 is 0 Å². The summed E-state index contributed by atoms with van der Waals surface area (Å²) in [6.45, 7) is 4.88. The minimum Gasteiger partial charge on any atom is -0.409 e. The molecule has 0 amide bonds. The Hall–Kier alpha value is -0.810. The lowest BCUT2D eigenvalue weighted by atomic mass is 9.93. The first-order valence-electron chi connectivity index (χ1n) is 6.41. The van der Waals surface area contributed by atoms with Gasteiger partial charge in [-0.2, -0.15) is 0 Å². The van der Waals surface area contributed by atoms with Crippen LogP contribution in [0, 0.1) is 11.3 Å². The van der Waals surface area contributed by atoms with Crippen LogP contribution in [0.4, 0.5) is 0 Å². The highest BCUT2D eigenvalue weighted by Crippen LogP contribution is 2.49. The number of amidine groups is 1. The summed E-state index contributed by atoms with van der Waals surface area (Å²) >= 11 is 0. The summed E-state index contributed by atoms with van der Waals surface area (Å²) in [5.74, 6) is 0.735. The third-order valence-corrected chi connectivity index (χ3v) is 4.20. The van der Waals surface area contributed by atoms with Gasteiger partial charge in [0.2, 0.25) is 0 Å². The molecule has 1 aliphatic heterocycles. The Morgan fingerprint density at radius 1 is 1.53 bits per heavy atom. The molecule has 0 radical (unpaired) electrons. The fourth-order valence-electron chi connectivity index (χ4n) is 2.72. The molecule has 1 aliphatic carbocycles. The van der Waals surface area contributed by atoms with Crippen molar-refractivity contribution in [2.75, 3.05) is 19.6 Å². The van der Waals surface area contributed by atoms with Crippen molar-refractivity contribution in [2.45, 2.75) is 38.7 Å². The van der Waals surface area contributed by atoms with Crippen molar-refractivity contribution >= 4 is 5.84 Å². The number of aliphatic hydroxyl groups excluding tert-OH is 1. The summed E-state index contributed by atoms with van der Waals surface area (Å²) in [6.07, 6.45) is 3.81. The zero-order chi connectivity index (χ0) is 12.5. The average molecular weight is 241 g/mol. The topological polar surface area (TPSA) is 82.1 Å². The van der Waals surface area contributed by atoms with Crippen LogP contribution < -0.4 is 5.73 Å². The monoisotopic (exact) mass is 241 g/mol. The normalized spacial score (nSPS) is 33.6. The molecule has 5 nitrogen and oxygen atoms in total. The van der Waals surface area contributed by atoms with Gasteiger partial charge in [-0.25, -0.2) is 0 Å². The Labute approximate surface area is 102 Å². The van der Waals surface area contributed by atoms with Gasteiger partial charge in [-0.3, -0.25) is 0 Å². The molecule has 0 aromatic heterocycles. The standard InChI is InChI=1S/C12H23N3O2/c1-9-2-5-15(7-10(9)16)8-12(3-4-12)6-11(13)14-17/h9-10,16-17H,2-8H2,1H3,(H2,13,14). The van der Waals surface area contributed by atoms with Crippen LogP contribution in [0.1, 0.15) is 32.6 Å². The molecule has 0 bridgehead atoms. The second-order valence-corrected chi connectivity index (χ2v) is 5.84. The van der Waals surface area contributed by atoms with E-state index in [0.717, 1.165) is 38.9 Å². The third-order valence-electron chi connectivity index (χ3n) is 4.20. The average Bonchev–Trinajstić information content (AvgIpc) is 3.03. The van der Waals surface area contributed by atoms with Gasteiger partial charge in [0, 0.05) is 19.5 Å². The second kappa shape index (κ2) is 4.82. The Morgan fingerprint density at radius 2 is 2.24 bits per heavy atom. The summed E-state index contributed by atoms with van der Waals surface area (Å²) in [7, 11) is 0. The predicted molar refractivity (Wildman–Crippen MR) is 65.9 cm³/mol. The van der Waals surface area contributed by atoms with Crippen molar-refractivity contribution in [3.8, 4) is 0 Å². The van der Waals surface area contributed by atoms with E-state index in [2.05, 4.69) is 17.0 Å². The van der Waals surface area contributed by atoms with Crippen molar-refractivity contribution in [1.82, 2.24) is 4.90 Å². The smallest absolute Gasteiger partial charge is 0.139 e. The van der Waals surface area contributed by atoms with Gasteiger partial charge < -0.3 is 20.9 Å². The molecule has 0 aromatic carbocycles. The van der Waals surface area contributed by atoms with Crippen LogP contribution in [0.5, 0.6) is 0 Å². The minimum atomic E-state index is -0.205. The molecule has 2 fully saturated rings. The van der Waals surface area contributed by atoms with Gasteiger partial charge in [-0.15, -0.1) is 0 Å². The lowest BCUT2D eigenvalue weighted by molar-refractivity contribution is 0.0213. The number of likely N-dealkylation sites (tertiary alicyclic amines) is 1. The Kier molecular flexibility index (Phi) is 3.58. The first-order valence-corrected chi connectivity index (χ1v) is 6.41. The molecule has 1 saturated heterocycles. The molecule has 98 valence electrons. The number of nitrogens with two attached hydrogens (primary N) is 1. The van der Waals surface area contributed by atoms with E-state index in [1.807, 2.05) is 0 Å². The lowest BCUT2D eigenvalue weighted by Gasteiger charge is -2.36. The molecule has 1 heterocycles. The van der Waals surface area contributed by atoms with Crippen LogP contribution in [0.25, 0.3) is 0 Å². The van der Waals surface area contributed by atoms with Crippen molar-refractivity contribution in [1.29, 1.82) is 0 Å². The molecule has 2 atom stereocenters. The van der Waals surface area contributed by atoms with E-state index in [-0.39, 0.29) is 11.5 Å². The van der Waals surface area contributed by atoms with Crippen molar-refractivity contribution < 1.29 is 10.3 Å². The predicted octanol–water partition coefficient (Wildman–Crippen LogP) is 0.606. The number of piperidine rings is 1. The van der Waals surface area contributed by atoms with Gasteiger partial charge in [0.1, 0.15) is 5.84 Å². The van der Waals surface area contributed by atoms with Crippen molar-refractivity contribution in [3.63, 3.8) is 0 Å². The third kappa shape index (κ3) is 3.10. The van der Waals surface area contributed by atoms with Gasteiger partial charge in [0.15, 0.2) is 0 Å². The van der Waals surface area contributed by atoms with Crippen molar-refractivity contribution in [2.24, 2.45) is 22.2 Å². The molecule has 17 heavy (non-hydrogen) atoms. The van der Waals surface area contributed by atoms with E-state index in [1.165, 1.54) is 0 Å². The number of aliphatic hydroxyl groups is 1. The number of oxime groups is 1. The van der Waals surface area contributed by atoms with Crippen LogP contribution in [0.3, 0.4) is 0 Å². The molecule has 0 spiro atoms. The van der Waals surface area contributed by atoms with E-state index in [0.29, 0.717) is 18.2 Å². The number of β-amino-alcohol motifs (C(OH)–C–C–N with tert-alkyl or cyclic N) is 1. The highest BCUT2D eigenvalue weighted by atomic mass is 16.4. The van der Waals surface area contributed by atoms with E-state index in [4.69, 9.17) is 10.9 Å². The zero-order valence-electron chi connectivity index (χ0n) is 10.5. The number of nitrogens with zero attached hydrogens (tertiary/aromatic N) is 2. The molecule has 5 heteroatoms. The largest absolute Gasteiger partial charge is 0.409 e. The molecule has 2 rings (SSSR count). The lowest BCUT2D eigenvalue weighted by Crippen LogP contribution is -2.45. The summed E-state index contributed by atoms with van der Waals surface area (Å²) < 4.78 is 0. The van der Waals surface area contributed by atoms with E-state index >= 15 is 0 Å². The molecule has 2 unspecified atom stereocenters. The SMILES string of the molecule is CC1CCN(CC2(CC(N)=NO)CC2)CC1O. The first-order chi connectivity index (χ1) is 8.04. The maximum absolute atomic E-state index is 9.86. The van der Waals surface area contributed by atoms with Crippen LogP contribution in [0.2, 0.25) is 0 Å². The Morgan fingerprint density at radius 3 is 2.76 bits per heavy atom. The fraction of sp³-hybridized carbons (Fsp3) is 0.917. The molecule has 2 aliphatic rings. The summed E-state index contributed by atoms with van der Waals surface area (Å²) in [5, 5.41) is 21.5. The highest BCUT2D eigenvalue weighted by molar-refractivity contribution is 5.80. The van der Waals surface area contributed by atoms with Crippen LogP contribution >= 0.6 is 0 Å². The van der Waals surface area contributed by atoms with Crippen LogP contribution in [0.15, 0.2) is 5.16 Å². The van der Waals surface area contributed by atoms with Gasteiger partial charge in [0.05, 0.1) is 6.10 Å². The molecule has 4 N–H and O–H groups in total. The van der Waals surface area contributed by atoms with Crippen LogP contribution in [-0.4, -0.2) is 46.8 Å². The molecule has 0 aromatic rings. The van der Waals surface area contributed by atoms with Crippen molar-refractivity contribution in [3.05, 3.63) is 0 Å².